The molecule has 1 aromatic carbocycles. The molecule has 350 valence electrons. The molecule has 0 radical (unpaired) electrons. The van der Waals surface area contributed by atoms with Gasteiger partial charge in [0.25, 0.3) is 5.91 Å². The number of Topliss-reactive ketones (excluding diaryl/α,β-unsaturated/α-hetero) is 1. The molecule has 0 saturated heterocycles. The van der Waals surface area contributed by atoms with Crippen molar-refractivity contribution >= 4 is 29.5 Å². The number of aliphatic carboxylic acids is 1. The van der Waals surface area contributed by atoms with Crippen LogP contribution in [0.4, 0.5) is 13.2 Å². The second-order valence-electron chi connectivity index (χ2n) is 18.4. The van der Waals surface area contributed by atoms with E-state index in [1.807, 2.05) is 44.2 Å². The predicted molar refractivity (Wildman–Crippen MR) is 221 cm³/mol. The van der Waals surface area contributed by atoms with Crippen LogP contribution in [0.2, 0.25) is 0 Å². The summed E-state index contributed by atoms with van der Waals surface area (Å²) in [4.78, 5) is 59.6. The number of carboxylic acids is 1. The molecule has 4 aliphatic carbocycles. The molecule has 0 bridgehead atoms. The minimum absolute atomic E-state index is 0.00306. The third kappa shape index (κ3) is 14.2. The largest absolute Gasteiger partial charge is 0.490 e. The van der Waals surface area contributed by atoms with Crippen molar-refractivity contribution in [1.29, 1.82) is 0 Å². The van der Waals surface area contributed by atoms with E-state index in [0.717, 1.165) is 56.9 Å². The van der Waals surface area contributed by atoms with Crippen molar-refractivity contribution in [2.75, 3.05) is 46.2 Å². The number of carbonyl (C=O) groups is 5. The minimum atomic E-state index is -5.08. The number of aliphatic hydroxyl groups is 1. The number of alkyl halides is 3. The molecule has 17 heteroatoms. The Labute approximate surface area is 362 Å². The molecule has 4 saturated carbocycles. The zero-order chi connectivity index (χ0) is 45.7. The number of nitrogens with two attached hydrogens (primary N) is 1. The lowest BCUT2D eigenvalue weighted by molar-refractivity contribution is -0.192. The van der Waals surface area contributed by atoms with E-state index in [1.165, 1.54) is 6.42 Å². The zero-order valence-electron chi connectivity index (χ0n) is 36.6. The van der Waals surface area contributed by atoms with Crippen molar-refractivity contribution in [3.63, 3.8) is 0 Å². The average Bonchev–Trinajstić information content (AvgIpc) is 3.54. The molecular weight excluding hydrogens is 815 g/mol. The topological polar surface area (TPSA) is 213 Å². The molecule has 0 aromatic heterocycles. The molecule has 4 aliphatic rings. The Kier molecular flexibility index (Phi) is 19.2. The molecule has 1 aromatic rings. The van der Waals surface area contributed by atoms with Crippen molar-refractivity contribution in [1.82, 2.24) is 10.6 Å². The molecule has 6 N–H and O–H groups in total. The SMILES string of the molecule is CC(C)C[C@H](NC(=O)[C@@H](O)[C@H](N)Cc1ccccc1)C(=O)NCCOCCOCCOCC(=O)O[C@H]1CC[C@H]2[C@@H]3CC[C@H]4CC(=O)CC[C@]4(C)[C@H]3CC[C@]12C.O=C(O)C(F)(F)F. The number of benzene rings is 1. The molecule has 10 atom stereocenters. The van der Waals surface area contributed by atoms with Gasteiger partial charge in [-0.15, -0.1) is 0 Å². The van der Waals surface area contributed by atoms with Crippen LogP contribution >= 0.6 is 0 Å². The number of ketones is 1. The van der Waals surface area contributed by atoms with Crippen molar-refractivity contribution in [2.24, 2.45) is 46.2 Å². The van der Waals surface area contributed by atoms with E-state index in [9.17, 15) is 37.5 Å². The van der Waals surface area contributed by atoms with Crippen LogP contribution in [0.25, 0.3) is 0 Å². The first-order valence-electron chi connectivity index (χ1n) is 22.1. The zero-order valence-corrected chi connectivity index (χ0v) is 36.6. The van der Waals surface area contributed by atoms with Gasteiger partial charge in [-0.1, -0.05) is 58.0 Å². The van der Waals surface area contributed by atoms with Crippen molar-refractivity contribution < 1.29 is 66.3 Å². The highest BCUT2D eigenvalue weighted by Gasteiger charge is 2.61. The van der Waals surface area contributed by atoms with E-state index in [4.69, 9.17) is 34.6 Å². The van der Waals surface area contributed by atoms with E-state index in [1.54, 1.807) is 0 Å². The first-order chi connectivity index (χ1) is 29.3. The standard InChI is InChI=1S/C43H67N3O9.C2HF3O2/c1-28(2)24-36(46-41(51)39(49)35(44)25-29-8-6-5-7-9-29)40(50)45-18-19-52-20-21-53-22-23-54-27-38(48)55-37-13-12-33-32-11-10-30-26-31(47)14-16-42(30,3)34(32)15-17-43(33,37)4;3-2(4,5)1(6)7/h5-9,28,30,32-37,39,49H,10-27,44H2,1-4H3,(H,45,50)(H,46,51);(H,6,7)/t30-,32-,33-,34-,35+,36-,37-,39-,42-,43-;/m0./s1. The van der Waals surface area contributed by atoms with Crippen molar-refractivity contribution in [3.05, 3.63) is 35.9 Å². The molecular formula is C45H68F3N3O11. The summed E-state index contributed by atoms with van der Waals surface area (Å²) in [5.41, 5.74) is 7.29. The van der Waals surface area contributed by atoms with Crippen molar-refractivity contribution in [2.45, 2.75) is 129 Å². The number of rotatable bonds is 20. The van der Waals surface area contributed by atoms with Gasteiger partial charge < -0.3 is 45.5 Å². The number of carbonyl (C=O) groups excluding carboxylic acids is 4. The van der Waals surface area contributed by atoms with Gasteiger partial charge in [-0.2, -0.15) is 13.2 Å². The number of hydrogen-bond donors (Lipinski definition) is 5. The highest BCUT2D eigenvalue weighted by molar-refractivity contribution is 5.89. The Morgan fingerprint density at radius 1 is 0.871 bits per heavy atom. The predicted octanol–water partition coefficient (Wildman–Crippen LogP) is 4.77. The van der Waals surface area contributed by atoms with Crippen LogP contribution < -0.4 is 16.4 Å². The van der Waals surface area contributed by atoms with E-state index < -0.39 is 36.2 Å². The monoisotopic (exact) mass is 883 g/mol. The van der Waals surface area contributed by atoms with Crippen LogP contribution in [0.5, 0.6) is 0 Å². The van der Waals surface area contributed by atoms with Gasteiger partial charge in [-0.05, 0) is 98.4 Å². The lowest BCUT2D eigenvalue weighted by Gasteiger charge is -2.60. The van der Waals surface area contributed by atoms with Crippen LogP contribution in [0.1, 0.15) is 97.5 Å². The Morgan fingerprint density at radius 2 is 1.50 bits per heavy atom. The van der Waals surface area contributed by atoms with Crippen LogP contribution in [0, 0.1) is 40.4 Å². The smallest absolute Gasteiger partial charge is 0.475 e. The molecule has 4 fully saturated rings. The molecule has 2 amide bonds. The molecule has 0 heterocycles. The summed E-state index contributed by atoms with van der Waals surface area (Å²) in [6, 6.07) is 7.75. The highest BCUT2D eigenvalue weighted by atomic mass is 19.4. The van der Waals surface area contributed by atoms with Gasteiger partial charge in [0.05, 0.1) is 33.0 Å². The third-order valence-corrected chi connectivity index (χ3v) is 13.7. The Balaban J connectivity index is 0.00000111. The number of hydrogen-bond acceptors (Lipinski definition) is 11. The lowest BCUT2D eigenvalue weighted by atomic mass is 9.45. The Hall–Kier alpha value is -3.64. The van der Waals surface area contributed by atoms with Crippen LogP contribution in [0.3, 0.4) is 0 Å². The second-order valence-corrected chi connectivity index (χ2v) is 18.4. The summed E-state index contributed by atoms with van der Waals surface area (Å²) in [5, 5.41) is 23.1. The number of halogens is 3. The van der Waals surface area contributed by atoms with E-state index >= 15 is 0 Å². The van der Waals surface area contributed by atoms with Gasteiger partial charge in [-0.25, -0.2) is 9.59 Å². The summed E-state index contributed by atoms with van der Waals surface area (Å²) in [7, 11) is 0. The van der Waals surface area contributed by atoms with Gasteiger partial charge in [0.1, 0.15) is 30.6 Å². The Bertz CT molecular complexity index is 1630. The third-order valence-electron chi connectivity index (χ3n) is 13.7. The number of nitrogens with one attached hydrogen (secondary N) is 2. The maximum absolute atomic E-state index is 12.9. The van der Waals surface area contributed by atoms with Crippen LogP contribution in [-0.4, -0.2) is 116 Å². The number of fused-ring (bicyclic) bond motifs is 5. The van der Waals surface area contributed by atoms with E-state index in [0.29, 0.717) is 62.1 Å². The molecule has 14 nitrogen and oxygen atoms in total. The average molecular weight is 884 g/mol. The lowest BCUT2D eigenvalue weighted by Crippen LogP contribution is -2.54. The van der Waals surface area contributed by atoms with Gasteiger partial charge in [-0.3, -0.25) is 14.4 Å². The molecule has 0 spiro atoms. The fourth-order valence-electron chi connectivity index (χ4n) is 10.5. The van der Waals surface area contributed by atoms with Gasteiger partial charge in [0.2, 0.25) is 5.91 Å². The van der Waals surface area contributed by atoms with Gasteiger partial charge in [0.15, 0.2) is 0 Å². The number of esters is 1. The number of ether oxygens (including phenoxy) is 4. The maximum atomic E-state index is 12.9. The normalized spacial score (nSPS) is 28.2. The minimum Gasteiger partial charge on any atom is -0.475 e. The van der Waals surface area contributed by atoms with E-state index in [-0.39, 0.29) is 61.1 Å². The summed E-state index contributed by atoms with van der Waals surface area (Å²) in [6.07, 6.45) is 3.26. The quantitative estimate of drug-likeness (QED) is 0.0886. The number of aliphatic hydroxyl groups excluding tert-OH is 1. The van der Waals surface area contributed by atoms with Crippen LogP contribution in [0.15, 0.2) is 30.3 Å². The summed E-state index contributed by atoms with van der Waals surface area (Å²) in [5.74, 6) is -1.09. The molecule has 0 unspecified atom stereocenters. The van der Waals surface area contributed by atoms with Crippen LogP contribution in [-0.2, 0) is 49.3 Å². The second kappa shape index (κ2) is 23.3. The van der Waals surface area contributed by atoms with Gasteiger partial charge >= 0.3 is 18.1 Å². The van der Waals surface area contributed by atoms with Crippen molar-refractivity contribution in [3.8, 4) is 0 Å². The fourth-order valence-corrected chi connectivity index (χ4v) is 10.5. The Morgan fingerprint density at radius 3 is 2.15 bits per heavy atom. The highest BCUT2D eigenvalue weighted by Crippen LogP contribution is 2.66. The summed E-state index contributed by atoms with van der Waals surface area (Å²) < 4.78 is 54.5. The van der Waals surface area contributed by atoms with E-state index in [2.05, 4.69) is 24.5 Å². The molecule has 62 heavy (non-hydrogen) atoms. The first-order valence-corrected chi connectivity index (χ1v) is 22.1. The maximum Gasteiger partial charge on any atom is 0.490 e. The first kappa shape index (κ1) is 51.0. The summed E-state index contributed by atoms with van der Waals surface area (Å²) in [6.45, 7) is 10.3. The number of amides is 2. The fraction of sp³-hybridized carbons (Fsp3) is 0.756. The number of carboxylic acid groups (broad SMARTS) is 1. The van der Waals surface area contributed by atoms with Gasteiger partial charge in [0, 0.05) is 30.8 Å². The summed E-state index contributed by atoms with van der Waals surface area (Å²) >= 11 is 0. The molecule has 0 aliphatic heterocycles. The molecule has 5 rings (SSSR count).